The van der Waals surface area contributed by atoms with Crippen LogP contribution >= 0.6 is 0 Å². The number of allylic oxidation sites excluding steroid dienone is 3. The molecule has 0 aliphatic carbocycles. The van der Waals surface area contributed by atoms with Crippen molar-refractivity contribution in [3.8, 4) is 5.75 Å². The minimum absolute atomic E-state index is 0.124. The molecule has 2 rings (SSSR count). The lowest BCUT2D eigenvalue weighted by Gasteiger charge is -2.25. The third kappa shape index (κ3) is 5.06. The Morgan fingerprint density at radius 3 is 2.73 bits per heavy atom. The number of nitrogens with zero attached hydrogens (tertiary/aromatic N) is 1. The van der Waals surface area contributed by atoms with Gasteiger partial charge in [0.2, 0.25) is 5.91 Å². The van der Waals surface area contributed by atoms with Gasteiger partial charge < -0.3 is 10.0 Å². The van der Waals surface area contributed by atoms with Crippen molar-refractivity contribution in [3.05, 3.63) is 53.6 Å². The summed E-state index contributed by atoms with van der Waals surface area (Å²) in [5.41, 5.74) is 2.13. The number of phenolic OH excluding ortho intramolecular Hbond substituents is 1. The van der Waals surface area contributed by atoms with Crippen LogP contribution in [-0.4, -0.2) is 29.0 Å². The van der Waals surface area contributed by atoms with E-state index in [-0.39, 0.29) is 5.91 Å². The Bertz CT molecular complexity index is 555. The fraction of sp³-hybridized carbons (Fsp3) is 0.421. The number of amides is 1. The number of hydrogen-bond acceptors (Lipinski definition) is 2. The maximum Gasteiger partial charge on any atom is 0.246 e. The van der Waals surface area contributed by atoms with Crippen LogP contribution in [0.2, 0.25) is 0 Å². The summed E-state index contributed by atoms with van der Waals surface area (Å²) in [5.74, 6) is 0.469. The molecule has 1 amide bonds. The second-order valence-corrected chi connectivity index (χ2v) is 5.83. The summed E-state index contributed by atoms with van der Waals surface area (Å²) in [6, 6.07) is 5.70. The van der Waals surface area contributed by atoms with Crippen LogP contribution in [0.3, 0.4) is 0 Å². The number of aromatic hydroxyl groups is 1. The minimum Gasteiger partial charge on any atom is -0.508 e. The van der Waals surface area contributed by atoms with Gasteiger partial charge in [0.25, 0.3) is 0 Å². The van der Waals surface area contributed by atoms with Gasteiger partial charge in [-0.3, -0.25) is 4.79 Å². The van der Waals surface area contributed by atoms with E-state index < -0.39 is 0 Å². The van der Waals surface area contributed by atoms with Crippen LogP contribution in [-0.2, 0) is 11.2 Å². The summed E-state index contributed by atoms with van der Waals surface area (Å²) >= 11 is 0. The molecule has 0 aromatic heterocycles. The quantitative estimate of drug-likeness (QED) is 0.664. The zero-order chi connectivity index (χ0) is 15.8. The maximum absolute atomic E-state index is 11.9. The number of likely N-dealkylation sites (tertiary alicyclic amines) is 1. The van der Waals surface area contributed by atoms with Gasteiger partial charge in [-0.2, -0.15) is 0 Å². The molecule has 3 nitrogen and oxygen atoms in total. The number of phenols is 1. The smallest absolute Gasteiger partial charge is 0.246 e. The molecule has 1 saturated heterocycles. The van der Waals surface area contributed by atoms with E-state index in [9.17, 15) is 9.90 Å². The molecule has 0 spiro atoms. The van der Waals surface area contributed by atoms with E-state index in [0.717, 1.165) is 44.3 Å². The molecule has 1 N–H and O–H groups in total. The lowest BCUT2D eigenvalue weighted by Crippen LogP contribution is -2.34. The zero-order valence-electron chi connectivity index (χ0n) is 13.3. The van der Waals surface area contributed by atoms with Gasteiger partial charge in [-0.15, -0.1) is 0 Å². The van der Waals surface area contributed by atoms with Gasteiger partial charge in [-0.1, -0.05) is 30.4 Å². The van der Waals surface area contributed by atoms with E-state index in [1.807, 2.05) is 36.1 Å². The Morgan fingerprint density at radius 1 is 1.23 bits per heavy atom. The molecule has 0 unspecified atom stereocenters. The predicted octanol–water partition coefficient (Wildman–Crippen LogP) is 3.76. The molecule has 22 heavy (non-hydrogen) atoms. The number of hydrogen-bond donors (Lipinski definition) is 1. The lowest BCUT2D eigenvalue weighted by molar-refractivity contribution is -0.126. The molecular formula is C19H25NO2. The monoisotopic (exact) mass is 299 g/mol. The molecule has 0 atom stereocenters. The second-order valence-electron chi connectivity index (χ2n) is 5.83. The SMILES string of the molecule is Cc1cc(CC/C=C/C=C/C(=O)N2CCCCC2)ccc1O. The van der Waals surface area contributed by atoms with Crippen LogP contribution in [0.1, 0.15) is 36.8 Å². The normalized spacial score (nSPS) is 15.8. The Kier molecular flexibility index (Phi) is 6.26. The van der Waals surface area contributed by atoms with Gasteiger partial charge in [-0.25, -0.2) is 0 Å². The molecule has 1 aliphatic heterocycles. The first-order chi connectivity index (χ1) is 10.7. The van der Waals surface area contributed by atoms with Crippen LogP contribution in [0.15, 0.2) is 42.5 Å². The highest BCUT2D eigenvalue weighted by atomic mass is 16.3. The van der Waals surface area contributed by atoms with Crippen molar-refractivity contribution in [3.63, 3.8) is 0 Å². The molecule has 1 aliphatic rings. The number of rotatable bonds is 5. The van der Waals surface area contributed by atoms with Crippen LogP contribution in [0, 0.1) is 6.92 Å². The van der Waals surface area contributed by atoms with Crippen molar-refractivity contribution in [1.29, 1.82) is 0 Å². The van der Waals surface area contributed by atoms with Gasteiger partial charge in [0.1, 0.15) is 5.75 Å². The van der Waals surface area contributed by atoms with Crippen molar-refractivity contribution in [2.75, 3.05) is 13.1 Å². The Labute approximate surface area is 133 Å². The summed E-state index contributed by atoms with van der Waals surface area (Å²) < 4.78 is 0. The summed E-state index contributed by atoms with van der Waals surface area (Å²) in [7, 11) is 0. The van der Waals surface area contributed by atoms with Crippen LogP contribution < -0.4 is 0 Å². The van der Waals surface area contributed by atoms with E-state index in [2.05, 4.69) is 6.08 Å². The van der Waals surface area contributed by atoms with Gasteiger partial charge in [0, 0.05) is 19.2 Å². The zero-order valence-corrected chi connectivity index (χ0v) is 13.3. The topological polar surface area (TPSA) is 40.5 Å². The molecular weight excluding hydrogens is 274 g/mol. The number of benzene rings is 1. The molecule has 118 valence electrons. The highest BCUT2D eigenvalue weighted by molar-refractivity contribution is 5.87. The Hall–Kier alpha value is -2.03. The largest absolute Gasteiger partial charge is 0.508 e. The molecule has 0 bridgehead atoms. The maximum atomic E-state index is 11.9. The highest BCUT2D eigenvalue weighted by Gasteiger charge is 2.13. The van der Waals surface area contributed by atoms with Crippen molar-refractivity contribution >= 4 is 5.91 Å². The molecule has 0 radical (unpaired) electrons. The molecule has 1 heterocycles. The van der Waals surface area contributed by atoms with Crippen LogP contribution in [0.5, 0.6) is 5.75 Å². The van der Waals surface area contributed by atoms with Gasteiger partial charge in [0.15, 0.2) is 0 Å². The van der Waals surface area contributed by atoms with Crippen molar-refractivity contribution < 1.29 is 9.90 Å². The average molecular weight is 299 g/mol. The summed E-state index contributed by atoms with van der Waals surface area (Å²) in [4.78, 5) is 13.8. The predicted molar refractivity (Wildman–Crippen MR) is 89.9 cm³/mol. The minimum atomic E-state index is 0.124. The van der Waals surface area contributed by atoms with E-state index in [0.29, 0.717) is 5.75 Å². The van der Waals surface area contributed by atoms with E-state index in [1.165, 1.54) is 12.0 Å². The fourth-order valence-electron chi connectivity index (χ4n) is 2.66. The summed E-state index contributed by atoms with van der Waals surface area (Å²) in [6.07, 6.45) is 12.9. The van der Waals surface area contributed by atoms with Gasteiger partial charge in [0.05, 0.1) is 0 Å². The average Bonchev–Trinajstić information content (AvgIpc) is 2.54. The molecule has 1 aromatic carbocycles. The Balaban J connectivity index is 1.72. The van der Waals surface area contributed by atoms with E-state index in [1.54, 1.807) is 12.1 Å². The lowest BCUT2D eigenvalue weighted by atomic mass is 10.1. The van der Waals surface area contributed by atoms with Gasteiger partial charge in [-0.05, 0) is 56.2 Å². The van der Waals surface area contributed by atoms with E-state index >= 15 is 0 Å². The summed E-state index contributed by atoms with van der Waals surface area (Å²) in [5, 5.41) is 9.49. The van der Waals surface area contributed by atoms with Crippen molar-refractivity contribution in [1.82, 2.24) is 4.90 Å². The number of aryl methyl sites for hydroxylation is 2. The highest BCUT2D eigenvalue weighted by Crippen LogP contribution is 2.17. The Morgan fingerprint density at radius 2 is 2.00 bits per heavy atom. The molecule has 1 aromatic rings. The molecule has 1 fully saturated rings. The third-order valence-corrected chi connectivity index (χ3v) is 4.01. The summed E-state index contributed by atoms with van der Waals surface area (Å²) in [6.45, 7) is 3.70. The number of piperidine rings is 1. The molecule has 0 saturated carbocycles. The first kappa shape index (κ1) is 16.3. The number of carbonyl (C=O) groups is 1. The van der Waals surface area contributed by atoms with Gasteiger partial charge >= 0.3 is 0 Å². The fourth-order valence-corrected chi connectivity index (χ4v) is 2.66. The van der Waals surface area contributed by atoms with Crippen LogP contribution in [0.25, 0.3) is 0 Å². The number of carbonyl (C=O) groups excluding carboxylic acids is 1. The molecule has 3 heteroatoms. The second kappa shape index (κ2) is 8.42. The van der Waals surface area contributed by atoms with E-state index in [4.69, 9.17) is 0 Å². The first-order valence-electron chi connectivity index (χ1n) is 8.07. The standard InChI is InChI=1S/C19H25NO2/c1-16-15-17(11-12-18(16)21)9-5-2-3-6-10-19(22)20-13-7-4-8-14-20/h2-3,6,10-12,15,21H,4-5,7-9,13-14H2,1H3/b3-2+,10-6+. The van der Waals surface area contributed by atoms with Crippen molar-refractivity contribution in [2.24, 2.45) is 0 Å². The third-order valence-electron chi connectivity index (χ3n) is 4.01. The van der Waals surface area contributed by atoms with Crippen molar-refractivity contribution in [2.45, 2.75) is 39.0 Å². The van der Waals surface area contributed by atoms with Crippen LogP contribution in [0.4, 0.5) is 0 Å². The first-order valence-corrected chi connectivity index (χ1v) is 8.07.